The summed E-state index contributed by atoms with van der Waals surface area (Å²) in [6, 6.07) is 7.35. The molecular weight excluding hydrogens is 260 g/mol. The summed E-state index contributed by atoms with van der Waals surface area (Å²) in [5, 5.41) is 3.48. The van der Waals surface area contributed by atoms with E-state index in [0.717, 1.165) is 13.1 Å². The van der Waals surface area contributed by atoms with Crippen LogP contribution in [0.2, 0.25) is 5.02 Å². The Hall–Kier alpha value is -1.06. The highest BCUT2D eigenvalue weighted by molar-refractivity contribution is 6.33. The number of carbonyl (C=O) groups excluding carboxylic acids is 1. The number of piperidine rings is 1. The third-order valence-electron chi connectivity index (χ3n) is 3.64. The maximum atomic E-state index is 12.1. The molecule has 2 rings (SSSR count). The summed E-state index contributed by atoms with van der Waals surface area (Å²) in [6.45, 7) is 7.23. The molecule has 0 spiro atoms. The highest BCUT2D eigenvalue weighted by Gasteiger charge is 2.26. The Kier molecular flexibility index (Phi) is 4.83. The Morgan fingerprint density at radius 1 is 1.32 bits per heavy atom. The summed E-state index contributed by atoms with van der Waals surface area (Å²) in [5.41, 5.74) is 0.701. The molecule has 1 saturated heterocycles. The van der Waals surface area contributed by atoms with Crippen molar-refractivity contribution < 1.29 is 9.69 Å². The Labute approximate surface area is 119 Å². The molecule has 1 unspecified atom stereocenters. The van der Waals surface area contributed by atoms with E-state index in [1.54, 1.807) is 6.07 Å². The number of likely N-dealkylation sites (tertiary alicyclic amines) is 1. The van der Waals surface area contributed by atoms with Crippen LogP contribution in [0.1, 0.15) is 20.3 Å². The zero-order valence-corrected chi connectivity index (χ0v) is 12.3. The smallest absolute Gasteiger partial charge is 0.279 e. The van der Waals surface area contributed by atoms with E-state index in [1.165, 1.54) is 11.3 Å². The topological polar surface area (TPSA) is 33.5 Å². The van der Waals surface area contributed by atoms with Crippen molar-refractivity contribution in [1.82, 2.24) is 0 Å². The van der Waals surface area contributed by atoms with Gasteiger partial charge in [-0.3, -0.25) is 4.79 Å². The van der Waals surface area contributed by atoms with Gasteiger partial charge in [0.05, 0.1) is 23.8 Å². The van der Waals surface area contributed by atoms with E-state index in [4.69, 9.17) is 11.6 Å². The molecule has 3 atom stereocenters. The minimum absolute atomic E-state index is 0.0457. The predicted molar refractivity (Wildman–Crippen MR) is 78.6 cm³/mol. The van der Waals surface area contributed by atoms with E-state index < -0.39 is 0 Å². The molecule has 1 aliphatic heterocycles. The molecule has 3 nitrogen and oxygen atoms in total. The van der Waals surface area contributed by atoms with E-state index in [1.807, 2.05) is 18.2 Å². The van der Waals surface area contributed by atoms with Gasteiger partial charge in [0.15, 0.2) is 6.54 Å². The van der Waals surface area contributed by atoms with Crippen LogP contribution in [-0.2, 0) is 4.79 Å². The lowest BCUT2D eigenvalue weighted by Crippen LogP contribution is -3.15. The molecule has 0 saturated carbocycles. The zero-order valence-electron chi connectivity index (χ0n) is 11.6. The minimum Gasteiger partial charge on any atom is -0.327 e. The third-order valence-corrected chi connectivity index (χ3v) is 3.97. The summed E-state index contributed by atoms with van der Waals surface area (Å²) in [6.07, 6.45) is 1.27. The molecule has 1 aromatic rings. The van der Waals surface area contributed by atoms with Crippen molar-refractivity contribution in [3.63, 3.8) is 0 Å². The van der Waals surface area contributed by atoms with Crippen LogP contribution in [0.4, 0.5) is 5.69 Å². The highest BCUT2D eigenvalue weighted by Crippen LogP contribution is 2.20. The van der Waals surface area contributed by atoms with Crippen LogP contribution in [0.15, 0.2) is 24.3 Å². The number of anilines is 1. The van der Waals surface area contributed by atoms with E-state index in [0.29, 0.717) is 29.1 Å². The second-order valence-electron chi connectivity index (χ2n) is 5.81. The van der Waals surface area contributed by atoms with Crippen molar-refractivity contribution >= 4 is 23.2 Å². The van der Waals surface area contributed by atoms with Crippen molar-refractivity contribution in [1.29, 1.82) is 0 Å². The molecule has 0 aromatic heterocycles. The summed E-state index contributed by atoms with van der Waals surface area (Å²) in [7, 11) is 0. The molecule has 0 radical (unpaired) electrons. The van der Waals surface area contributed by atoms with Gasteiger partial charge in [0.25, 0.3) is 5.91 Å². The van der Waals surface area contributed by atoms with Crippen LogP contribution in [0.25, 0.3) is 0 Å². The van der Waals surface area contributed by atoms with Crippen LogP contribution in [0.3, 0.4) is 0 Å². The molecular formula is C15H22ClN2O+. The van der Waals surface area contributed by atoms with E-state index in [9.17, 15) is 4.79 Å². The molecule has 1 aromatic carbocycles. The molecule has 1 amide bonds. The number of hydrogen-bond donors (Lipinski definition) is 2. The van der Waals surface area contributed by atoms with Gasteiger partial charge < -0.3 is 10.2 Å². The van der Waals surface area contributed by atoms with E-state index in [2.05, 4.69) is 19.2 Å². The average Bonchev–Trinajstić information content (AvgIpc) is 2.30. The lowest BCUT2D eigenvalue weighted by atomic mass is 9.92. The standard InChI is InChI=1S/C15H21ClN2O/c1-11-7-12(2)9-18(8-11)10-15(19)17-14-6-4-3-5-13(14)16/h3-6,11-12H,7-10H2,1-2H3,(H,17,19)/p+1/t11-,12+. The predicted octanol–water partition coefficient (Wildman–Crippen LogP) is 1.84. The van der Waals surface area contributed by atoms with Crippen LogP contribution < -0.4 is 10.2 Å². The lowest BCUT2D eigenvalue weighted by Gasteiger charge is -2.31. The molecule has 0 aliphatic carbocycles. The van der Waals surface area contributed by atoms with E-state index >= 15 is 0 Å². The van der Waals surface area contributed by atoms with Gasteiger partial charge in [-0.25, -0.2) is 0 Å². The first-order valence-electron chi connectivity index (χ1n) is 6.92. The maximum Gasteiger partial charge on any atom is 0.279 e. The lowest BCUT2D eigenvalue weighted by molar-refractivity contribution is -0.904. The normalized spacial score (nSPS) is 27.0. The first-order chi connectivity index (χ1) is 9.04. The first kappa shape index (κ1) is 14.4. The van der Waals surface area contributed by atoms with Crippen molar-refractivity contribution in [2.24, 2.45) is 11.8 Å². The average molecular weight is 282 g/mol. The van der Waals surface area contributed by atoms with E-state index in [-0.39, 0.29) is 5.91 Å². The second-order valence-corrected chi connectivity index (χ2v) is 6.22. The number of halogens is 1. The van der Waals surface area contributed by atoms with Gasteiger partial charge in [-0.1, -0.05) is 37.6 Å². The SMILES string of the molecule is C[C@@H]1C[C@H](C)C[NH+](CC(=O)Nc2ccccc2Cl)C1. The van der Waals surface area contributed by atoms with Gasteiger partial charge in [0.2, 0.25) is 0 Å². The van der Waals surface area contributed by atoms with Gasteiger partial charge in [0, 0.05) is 11.8 Å². The zero-order chi connectivity index (χ0) is 13.8. The molecule has 4 heteroatoms. The Morgan fingerprint density at radius 2 is 1.95 bits per heavy atom. The first-order valence-corrected chi connectivity index (χ1v) is 7.30. The van der Waals surface area contributed by atoms with Crippen molar-refractivity contribution in [2.75, 3.05) is 25.0 Å². The highest BCUT2D eigenvalue weighted by atomic mass is 35.5. The third kappa shape index (κ3) is 4.22. The molecule has 1 aliphatic rings. The number of nitrogens with one attached hydrogen (secondary N) is 2. The number of para-hydroxylation sites is 1. The summed E-state index contributed by atoms with van der Waals surface area (Å²) < 4.78 is 0. The van der Waals surface area contributed by atoms with Crippen LogP contribution in [-0.4, -0.2) is 25.5 Å². The van der Waals surface area contributed by atoms with Gasteiger partial charge in [-0.15, -0.1) is 0 Å². The Balaban J connectivity index is 1.89. The van der Waals surface area contributed by atoms with Crippen LogP contribution >= 0.6 is 11.6 Å². The second kappa shape index (κ2) is 6.40. The summed E-state index contributed by atoms with van der Waals surface area (Å²) >= 11 is 6.04. The van der Waals surface area contributed by atoms with Gasteiger partial charge >= 0.3 is 0 Å². The number of carbonyl (C=O) groups is 1. The number of quaternary nitrogens is 1. The quantitative estimate of drug-likeness (QED) is 0.871. The molecule has 104 valence electrons. The molecule has 1 fully saturated rings. The summed E-state index contributed by atoms with van der Waals surface area (Å²) in [5.74, 6) is 1.45. The molecule has 1 heterocycles. The number of benzene rings is 1. The van der Waals surface area contributed by atoms with Crippen molar-refractivity contribution in [2.45, 2.75) is 20.3 Å². The van der Waals surface area contributed by atoms with Gasteiger partial charge in [-0.05, 0) is 18.6 Å². The maximum absolute atomic E-state index is 12.1. The number of hydrogen-bond acceptors (Lipinski definition) is 1. The van der Waals surface area contributed by atoms with Gasteiger partial charge in [0.1, 0.15) is 0 Å². The van der Waals surface area contributed by atoms with Crippen molar-refractivity contribution in [3.05, 3.63) is 29.3 Å². The molecule has 0 bridgehead atoms. The monoisotopic (exact) mass is 281 g/mol. The fourth-order valence-electron chi connectivity index (χ4n) is 3.05. The number of amides is 1. The number of rotatable bonds is 3. The largest absolute Gasteiger partial charge is 0.327 e. The fraction of sp³-hybridized carbons (Fsp3) is 0.533. The van der Waals surface area contributed by atoms with Crippen LogP contribution in [0, 0.1) is 11.8 Å². The van der Waals surface area contributed by atoms with Crippen LogP contribution in [0.5, 0.6) is 0 Å². The fourth-order valence-corrected chi connectivity index (χ4v) is 3.23. The molecule has 19 heavy (non-hydrogen) atoms. The summed E-state index contributed by atoms with van der Waals surface area (Å²) in [4.78, 5) is 13.4. The Morgan fingerprint density at radius 3 is 2.58 bits per heavy atom. The van der Waals surface area contributed by atoms with Gasteiger partial charge in [-0.2, -0.15) is 0 Å². The minimum atomic E-state index is 0.0457. The van der Waals surface area contributed by atoms with Crippen molar-refractivity contribution in [3.8, 4) is 0 Å². The molecule has 2 N–H and O–H groups in total. The Bertz CT molecular complexity index is 440.